The Kier molecular flexibility index (Phi) is 13.2. The molecule has 0 unspecified atom stereocenters. The summed E-state index contributed by atoms with van der Waals surface area (Å²) in [6.45, 7) is 23.0. The minimum absolute atomic E-state index is 0. The number of allylic oxidation sites excluding steroid dienone is 1. The quantitative estimate of drug-likeness (QED) is 0.110. The SMILES string of the molecule is C=[N+]1C(c2cc(C)ccc2-c2cc(C(C)(C)C)cc(C34CC5CC(CC(C5)C3)C4)c2O)=CC(OC)=C[C-]1c1cc(C)ccc1-c1cc(C(C)(C)C)cc(C23CC4CC(CC(C4)C2)C3)c1O.[CH3-].[CH3-].[Hf]. The van der Waals surface area contributed by atoms with E-state index in [1.807, 2.05) is 0 Å². The maximum absolute atomic E-state index is 12.9. The van der Waals surface area contributed by atoms with Crippen molar-refractivity contribution in [3.05, 3.63) is 144 Å². The van der Waals surface area contributed by atoms with Crippen LogP contribution in [0.2, 0.25) is 0 Å². The van der Waals surface area contributed by atoms with Crippen LogP contribution in [0.3, 0.4) is 0 Å². The van der Waals surface area contributed by atoms with Crippen LogP contribution >= 0.6 is 0 Å². The molecule has 360 valence electrons. The predicted octanol–water partition coefficient (Wildman–Crippen LogP) is 15.7. The van der Waals surface area contributed by atoms with Crippen molar-refractivity contribution in [1.82, 2.24) is 0 Å². The number of hydrogen-bond acceptors (Lipinski definition) is 3. The molecule has 0 radical (unpaired) electrons. The fourth-order valence-corrected chi connectivity index (χ4v) is 15.6. The Morgan fingerprint density at radius 2 is 0.971 bits per heavy atom. The second kappa shape index (κ2) is 17.8. The number of rotatable bonds is 7. The third kappa shape index (κ3) is 8.42. The van der Waals surface area contributed by atoms with E-state index in [1.54, 1.807) is 7.11 Å². The van der Waals surface area contributed by atoms with Gasteiger partial charge in [-0.2, -0.15) is 0 Å². The van der Waals surface area contributed by atoms with Gasteiger partial charge in [0, 0.05) is 48.1 Å². The predicted molar refractivity (Wildman–Crippen MR) is 279 cm³/mol. The molecule has 0 saturated heterocycles. The summed E-state index contributed by atoms with van der Waals surface area (Å²) in [5.41, 5.74) is 13.7. The third-order valence-corrected chi connectivity index (χ3v) is 18.0. The van der Waals surface area contributed by atoms with E-state index >= 15 is 0 Å². The van der Waals surface area contributed by atoms with Gasteiger partial charge < -0.3 is 29.8 Å². The van der Waals surface area contributed by atoms with Crippen LogP contribution in [0.15, 0.2) is 78.6 Å². The molecule has 8 saturated carbocycles. The van der Waals surface area contributed by atoms with E-state index in [0.717, 1.165) is 97.5 Å². The Labute approximate surface area is 429 Å². The molecule has 0 atom stereocenters. The van der Waals surface area contributed by atoms with Gasteiger partial charge in [0.1, 0.15) is 11.5 Å². The van der Waals surface area contributed by atoms with Crippen LogP contribution in [-0.4, -0.2) is 28.6 Å². The first-order chi connectivity index (χ1) is 30.8. The Balaban J connectivity index is 0.00000208. The van der Waals surface area contributed by atoms with E-state index in [-0.39, 0.29) is 62.4 Å². The molecule has 4 aromatic rings. The second-order valence-corrected chi connectivity index (χ2v) is 24.9. The van der Waals surface area contributed by atoms with Gasteiger partial charge in [-0.05, 0) is 194 Å². The zero-order chi connectivity index (χ0) is 45.5. The van der Waals surface area contributed by atoms with Crippen molar-refractivity contribution in [2.24, 2.45) is 35.5 Å². The first-order valence-corrected chi connectivity index (χ1v) is 25.2. The molecule has 0 spiro atoms. The molecule has 1 aliphatic heterocycles. The van der Waals surface area contributed by atoms with Gasteiger partial charge in [0.05, 0.1) is 19.6 Å². The Morgan fingerprint density at radius 3 is 1.38 bits per heavy atom. The smallest absolute Gasteiger partial charge is 0.164 e. The summed E-state index contributed by atoms with van der Waals surface area (Å²) in [5.74, 6) is 6.26. The zero-order valence-electron chi connectivity index (χ0n) is 43.3. The van der Waals surface area contributed by atoms with Gasteiger partial charge >= 0.3 is 0 Å². The Morgan fingerprint density at radius 1 is 0.574 bits per heavy atom. The van der Waals surface area contributed by atoms with Crippen molar-refractivity contribution < 1.29 is 45.4 Å². The topological polar surface area (TPSA) is 52.7 Å². The van der Waals surface area contributed by atoms with Crippen LogP contribution in [0.5, 0.6) is 11.5 Å². The Bertz CT molecular complexity index is 2630. The number of hydrogen-bond donors (Lipinski definition) is 2. The largest absolute Gasteiger partial charge is 0.525 e. The van der Waals surface area contributed by atoms with E-state index in [9.17, 15) is 10.2 Å². The number of nitrogens with zero attached hydrogens (tertiary/aromatic N) is 1. The molecule has 1 heterocycles. The maximum Gasteiger partial charge on any atom is 0.164 e. The van der Waals surface area contributed by atoms with E-state index in [2.05, 4.69) is 133 Å². The molecule has 4 aromatic carbocycles. The number of phenolic OH excluding ortho intramolecular Hbond substituents is 2. The molecule has 8 fully saturated rings. The van der Waals surface area contributed by atoms with Crippen molar-refractivity contribution in [2.45, 2.75) is 154 Å². The monoisotopic (exact) mass is 1080 g/mol. The van der Waals surface area contributed by atoms with Crippen molar-refractivity contribution in [3.8, 4) is 33.8 Å². The number of phenols is 2. The molecular formula is C63H79HfNO3-2. The van der Waals surface area contributed by atoms with Crippen LogP contribution in [0, 0.1) is 70.3 Å². The zero-order valence-corrected chi connectivity index (χ0v) is 46.9. The molecule has 8 bridgehead atoms. The number of aryl methyl sites for hydroxylation is 2. The molecule has 0 amide bonds. The van der Waals surface area contributed by atoms with Gasteiger partial charge in [-0.15, -0.1) is 0 Å². The number of ether oxygens (including phenoxy) is 1. The Hall–Kier alpha value is -3.83. The average Bonchev–Trinajstić information content (AvgIpc) is 3.22. The van der Waals surface area contributed by atoms with Crippen LogP contribution in [0.1, 0.15) is 163 Å². The van der Waals surface area contributed by atoms with Gasteiger partial charge in [-0.25, -0.2) is 4.58 Å². The van der Waals surface area contributed by atoms with Crippen LogP contribution in [0.4, 0.5) is 0 Å². The van der Waals surface area contributed by atoms with Crippen molar-refractivity contribution in [3.63, 3.8) is 0 Å². The van der Waals surface area contributed by atoms with Crippen LogP contribution < -0.4 is 0 Å². The van der Waals surface area contributed by atoms with E-state index in [1.165, 1.54) is 99.3 Å². The van der Waals surface area contributed by atoms with Crippen LogP contribution in [-0.2, 0) is 52.2 Å². The van der Waals surface area contributed by atoms with Crippen LogP contribution in [0.25, 0.3) is 28.0 Å². The minimum atomic E-state index is -0.104. The maximum atomic E-state index is 12.9. The fourth-order valence-electron chi connectivity index (χ4n) is 15.6. The molecule has 13 rings (SSSR count). The first-order valence-electron chi connectivity index (χ1n) is 25.2. The second-order valence-electron chi connectivity index (χ2n) is 24.9. The molecule has 68 heavy (non-hydrogen) atoms. The summed E-state index contributed by atoms with van der Waals surface area (Å²) in [6.07, 6.45) is 19.5. The van der Waals surface area contributed by atoms with E-state index in [0.29, 0.717) is 11.5 Å². The van der Waals surface area contributed by atoms with Crippen molar-refractivity contribution in [1.29, 1.82) is 0 Å². The molecule has 8 aliphatic carbocycles. The minimum Gasteiger partial charge on any atom is -0.525 e. The van der Waals surface area contributed by atoms with Gasteiger partial charge in [0.15, 0.2) is 11.7 Å². The molecular weight excluding hydrogens is 997 g/mol. The normalized spacial score (nSPS) is 28.9. The molecule has 9 aliphatic rings. The summed E-state index contributed by atoms with van der Waals surface area (Å²) in [4.78, 5) is 0. The summed E-state index contributed by atoms with van der Waals surface area (Å²) in [5, 5.41) is 25.7. The summed E-state index contributed by atoms with van der Waals surface area (Å²) >= 11 is 0. The number of aromatic hydroxyl groups is 2. The van der Waals surface area contributed by atoms with E-state index in [4.69, 9.17) is 11.5 Å². The van der Waals surface area contributed by atoms with Gasteiger partial charge in [-0.3, -0.25) is 0 Å². The van der Waals surface area contributed by atoms with Gasteiger partial charge in [0.25, 0.3) is 0 Å². The van der Waals surface area contributed by atoms with Crippen molar-refractivity contribution >= 4 is 12.4 Å². The van der Waals surface area contributed by atoms with Gasteiger partial charge in [-0.1, -0.05) is 113 Å². The molecule has 5 heteroatoms. The summed E-state index contributed by atoms with van der Waals surface area (Å²) < 4.78 is 8.27. The fraction of sp³-hybridized carbons (Fsp3) is 0.492. The average molecular weight is 1080 g/mol. The summed E-state index contributed by atoms with van der Waals surface area (Å²) in [6, 6.07) is 23.6. The number of benzene rings is 4. The van der Waals surface area contributed by atoms with Crippen molar-refractivity contribution in [2.75, 3.05) is 7.11 Å². The summed E-state index contributed by atoms with van der Waals surface area (Å²) in [7, 11) is 1.75. The molecule has 2 N–H and O–H groups in total. The van der Waals surface area contributed by atoms with E-state index < -0.39 is 0 Å². The number of methoxy groups -OCH3 is 1. The molecule has 4 nitrogen and oxygen atoms in total. The standard InChI is InChI=1S/C61H73NO3.2CH3.Hf/c1-35-11-13-46(50-23-43(58(3,4)5)25-52(56(50)63)60-29-37-17-38(30-60)19-39(18-37)31-60)48(15-35)54-27-45(65-10)28-55(62(54)9)49-16-36(2)12-14-47(49)51-24-44(59(6,7)8)26-53(57(51)64)61-32-40-20-41(33-61)22-42(21-40)34-61;;;/h11-16,23-28,37-42,63-64H,9,17-22,29-34H2,1-8,10H3;2*1H3;/q;2*-1;. The van der Waals surface area contributed by atoms with Gasteiger partial charge in [0.2, 0.25) is 0 Å². The molecule has 0 aromatic heterocycles. The third-order valence-electron chi connectivity index (χ3n) is 18.0. The first kappa shape index (κ1) is 50.6.